The van der Waals surface area contributed by atoms with E-state index < -0.39 is 11.3 Å². The highest BCUT2D eigenvalue weighted by Crippen LogP contribution is 2.07. The minimum absolute atomic E-state index is 0.485. The molecular formula is C5H7N3OS. The van der Waals surface area contributed by atoms with Crippen LogP contribution in [0.1, 0.15) is 5.37 Å². The normalized spacial score (nSPS) is 12.9. The zero-order chi connectivity index (χ0) is 7.56. The second-order valence-electron chi connectivity index (χ2n) is 1.79. The lowest BCUT2D eigenvalue weighted by molar-refractivity contribution is -0.118. The molecule has 0 aliphatic heterocycles. The maximum Gasteiger partial charge on any atom is 0.250 e. The molecule has 0 aromatic carbocycles. The van der Waals surface area contributed by atoms with Gasteiger partial charge in [-0.05, 0) is 0 Å². The Bertz CT molecular complexity index is 221. The molecule has 0 aliphatic rings. The third kappa shape index (κ3) is 1.30. The predicted molar refractivity (Wildman–Crippen MR) is 39.4 cm³/mol. The van der Waals surface area contributed by atoms with E-state index in [4.69, 9.17) is 5.73 Å². The van der Waals surface area contributed by atoms with Gasteiger partial charge in [0.1, 0.15) is 0 Å². The van der Waals surface area contributed by atoms with E-state index in [2.05, 4.69) is 17.6 Å². The van der Waals surface area contributed by atoms with Crippen molar-refractivity contribution in [3.05, 3.63) is 18.7 Å². The van der Waals surface area contributed by atoms with Gasteiger partial charge in [-0.3, -0.25) is 4.79 Å². The van der Waals surface area contributed by atoms with Gasteiger partial charge in [0.15, 0.2) is 5.37 Å². The van der Waals surface area contributed by atoms with Gasteiger partial charge in [-0.1, -0.05) is 0 Å². The van der Waals surface area contributed by atoms with E-state index in [1.165, 1.54) is 10.9 Å². The molecule has 1 aromatic rings. The quantitative estimate of drug-likeness (QED) is 0.584. The fourth-order valence-corrected chi connectivity index (χ4v) is 0.698. The zero-order valence-corrected chi connectivity index (χ0v) is 6.03. The van der Waals surface area contributed by atoms with Gasteiger partial charge in [-0.2, -0.15) is 0 Å². The highest BCUT2D eigenvalue weighted by molar-refractivity contribution is 7.81. The number of amides is 1. The van der Waals surface area contributed by atoms with Gasteiger partial charge in [0.05, 0.1) is 6.33 Å². The number of aromatic nitrogens is 2. The molecule has 10 heavy (non-hydrogen) atoms. The van der Waals surface area contributed by atoms with Gasteiger partial charge in [0.25, 0.3) is 5.91 Å². The van der Waals surface area contributed by atoms with Crippen LogP contribution in [0.5, 0.6) is 0 Å². The number of primary amides is 1. The number of carbonyl (C=O) groups is 1. The van der Waals surface area contributed by atoms with Crippen molar-refractivity contribution in [3.8, 4) is 0 Å². The summed E-state index contributed by atoms with van der Waals surface area (Å²) in [6.45, 7) is 0. The van der Waals surface area contributed by atoms with Crippen LogP contribution in [-0.2, 0) is 4.79 Å². The Hall–Kier alpha value is -0.970. The van der Waals surface area contributed by atoms with E-state index in [0.29, 0.717) is 0 Å². The lowest BCUT2D eigenvalue weighted by atomic mass is 10.6. The van der Waals surface area contributed by atoms with Gasteiger partial charge >= 0.3 is 0 Å². The van der Waals surface area contributed by atoms with Crippen molar-refractivity contribution in [2.75, 3.05) is 0 Å². The number of nitrogens with two attached hydrogens (primary N) is 1. The van der Waals surface area contributed by atoms with Crippen LogP contribution >= 0.6 is 12.6 Å². The largest absolute Gasteiger partial charge is 0.367 e. The average molecular weight is 157 g/mol. The Labute approximate surface area is 63.5 Å². The Kier molecular flexibility index (Phi) is 1.96. The van der Waals surface area contributed by atoms with Crippen molar-refractivity contribution in [3.63, 3.8) is 0 Å². The number of nitrogens with zero attached hydrogens (tertiary/aromatic N) is 2. The zero-order valence-electron chi connectivity index (χ0n) is 5.14. The summed E-state index contributed by atoms with van der Waals surface area (Å²) < 4.78 is 1.52. The van der Waals surface area contributed by atoms with Crippen LogP contribution in [0.2, 0.25) is 0 Å². The van der Waals surface area contributed by atoms with E-state index in [-0.39, 0.29) is 0 Å². The van der Waals surface area contributed by atoms with Crippen LogP contribution < -0.4 is 5.73 Å². The molecular weight excluding hydrogens is 150 g/mol. The molecule has 4 nitrogen and oxygen atoms in total. The summed E-state index contributed by atoms with van der Waals surface area (Å²) in [4.78, 5) is 14.2. The summed E-state index contributed by atoms with van der Waals surface area (Å²) in [6, 6.07) is 0. The molecule has 1 rings (SSSR count). The molecule has 1 atom stereocenters. The molecule has 0 saturated carbocycles. The third-order valence-electron chi connectivity index (χ3n) is 1.06. The topological polar surface area (TPSA) is 60.9 Å². The van der Waals surface area contributed by atoms with Crippen LogP contribution in [0.25, 0.3) is 0 Å². The Balaban J connectivity index is 2.77. The molecule has 2 N–H and O–H groups in total. The van der Waals surface area contributed by atoms with Gasteiger partial charge in [-0.25, -0.2) is 4.98 Å². The molecule has 0 spiro atoms. The SMILES string of the molecule is NC(=O)C(S)n1ccnc1. The maximum atomic E-state index is 10.5. The predicted octanol–water partition coefficient (Wildman–Crippen LogP) is -0.203. The lowest BCUT2D eigenvalue weighted by Crippen LogP contribution is -2.21. The first-order valence-corrected chi connectivity index (χ1v) is 3.18. The molecule has 0 fully saturated rings. The molecule has 0 radical (unpaired) electrons. The number of hydrogen-bond donors (Lipinski definition) is 2. The molecule has 0 bridgehead atoms. The molecule has 54 valence electrons. The fourth-order valence-electron chi connectivity index (χ4n) is 0.561. The van der Waals surface area contributed by atoms with Crippen molar-refractivity contribution >= 4 is 18.5 Å². The second kappa shape index (κ2) is 2.74. The van der Waals surface area contributed by atoms with Crippen LogP contribution in [0.4, 0.5) is 0 Å². The highest BCUT2D eigenvalue weighted by Gasteiger charge is 2.09. The van der Waals surface area contributed by atoms with Gasteiger partial charge < -0.3 is 10.3 Å². The molecule has 5 heteroatoms. The Morgan fingerprint density at radius 1 is 1.80 bits per heavy atom. The Morgan fingerprint density at radius 3 is 2.90 bits per heavy atom. The van der Waals surface area contributed by atoms with Gasteiger partial charge in [-0.15, -0.1) is 12.6 Å². The first-order chi connectivity index (χ1) is 4.72. The van der Waals surface area contributed by atoms with Crippen LogP contribution in [0, 0.1) is 0 Å². The summed E-state index contributed by atoms with van der Waals surface area (Å²) in [6.07, 6.45) is 4.68. The number of thiol groups is 1. The van der Waals surface area contributed by atoms with Crippen molar-refractivity contribution < 1.29 is 4.79 Å². The minimum Gasteiger partial charge on any atom is -0.367 e. The van der Waals surface area contributed by atoms with Crippen LogP contribution in [-0.4, -0.2) is 15.5 Å². The molecule has 0 aliphatic carbocycles. The fraction of sp³-hybridized carbons (Fsp3) is 0.200. The molecule has 1 aromatic heterocycles. The third-order valence-corrected chi connectivity index (χ3v) is 1.58. The van der Waals surface area contributed by atoms with Gasteiger partial charge in [0.2, 0.25) is 0 Å². The summed E-state index contributed by atoms with van der Waals surface area (Å²) in [5.74, 6) is -0.485. The smallest absolute Gasteiger partial charge is 0.250 e. The minimum atomic E-state index is -0.609. The van der Waals surface area contributed by atoms with Crippen molar-refractivity contribution in [1.82, 2.24) is 9.55 Å². The molecule has 1 unspecified atom stereocenters. The first-order valence-electron chi connectivity index (χ1n) is 2.66. The maximum absolute atomic E-state index is 10.5. The summed E-state index contributed by atoms with van der Waals surface area (Å²) in [5, 5.41) is -0.609. The number of hydrogen-bond acceptors (Lipinski definition) is 3. The van der Waals surface area contributed by atoms with E-state index in [9.17, 15) is 4.79 Å². The van der Waals surface area contributed by atoms with Crippen LogP contribution in [0.15, 0.2) is 18.7 Å². The molecule has 1 amide bonds. The van der Waals surface area contributed by atoms with E-state index in [1.54, 1.807) is 12.4 Å². The number of carbonyl (C=O) groups excluding carboxylic acids is 1. The number of rotatable bonds is 2. The van der Waals surface area contributed by atoms with Crippen molar-refractivity contribution in [2.24, 2.45) is 5.73 Å². The second-order valence-corrected chi connectivity index (χ2v) is 2.28. The summed E-state index contributed by atoms with van der Waals surface area (Å²) in [7, 11) is 0. The number of imidazole rings is 1. The van der Waals surface area contributed by atoms with E-state index >= 15 is 0 Å². The molecule has 0 saturated heterocycles. The van der Waals surface area contributed by atoms with Crippen molar-refractivity contribution in [1.29, 1.82) is 0 Å². The van der Waals surface area contributed by atoms with E-state index in [1.807, 2.05) is 0 Å². The summed E-state index contributed by atoms with van der Waals surface area (Å²) in [5.41, 5.74) is 4.96. The standard InChI is InChI=1S/C5H7N3OS/c6-4(9)5(10)8-2-1-7-3-8/h1-3,5,10H,(H2,6,9). The van der Waals surface area contributed by atoms with E-state index in [0.717, 1.165) is 0 Å². The molecule has 1 heterocycles. The van der Waals surface area contributed by atoms with Crippen molar-refractivity contribution in [2.45, 2.75) is 5.37 Å². The first kappa shape index (κ1) is 7.14. The summed E-state index contributed by atoms with van der Waals surface area (Å²) >= 11 is 3.93. The monoisotopic (exact) mass is 157 g/mol. The lowest BCUT2D eigenvalue weighted by Gasteiger charge is -2.05. The average Bonchev–Trinajstić information content (AvgIpc) is 2.36. The Morgan fingerprint density at radius 2 is 2.50 bits per heavy atom. The van der Waals surface area contributed by atoms with Gasteiger partial charge in [0, 0.05) is 12.4 Å². The van der Waals surface area contributed by atoms with Crippen LogP contribution in [0.3, 0.4) is 0 Å². The highest BCUT2D eigenvalue weighted by atomic mass is 32.1.